The van der Waals surface area contributed by atoms with Gasteiger partial charge in [0.05, 0.1) is 11.0 Å². The number of aromatic carboxylic acids is 1. The van der Waals surface area contributed by atoms with Crippen LogP contribution in [0.2, 0.25) is 0 Å². The van der Waals surface area contributed by atoms with Crippen LogP contribution in [0.15, 0.2) is 30.3 Å². The number of rotatable bonds is 4. The molecule has 0 saturated heterocycles. The maximum atomic E-state index is 13.0. The lowest BCUT2D eigenvalue weighted by Gasteiger charge is -2.72. The van der Waals surface area contributed by atoms with Gasteiger partial charge >= 0.3 is 11.9 Å². The number of benzene rings is 1. The molecule has 0 heterocycles. The van der Waals surface area contributed by atoms with Gasteiger partial charge in [0.1, 0.15) is 0 Å². The van der Waals surface area contributed by atoms with Gasteiger partial charge in [-0.25, -0.2) is 4.79 Å². The van der Waals surface area contributed by atoms with Gasteiger partial charge in [0, 0.05) is 0 Å². The first-order valence-corrected chi connectivity index (χ1v) is 16.6. The Kier molecular flexibility index (Phi) is 5.90. The molecule has 9 atom stereocenters. The summed E-state index contributed by atoms with van der Waals surface area (Å²) in [5.41, 5.74) is 3.06. The quantitative estimate of drug-likeness (QED) is 0.387. The zero-order valence-electron chi connectivity index (χ0n) is 25.8. The number of aliphatic carboxylic acids is 1. The van der Waals surface area contributed by atoms with Crippen molar-refractivity contribution in [2.75, 3.05) is 0 Å². The molecule has 7 rings (SSSR count). The standard InChI is InChI=1S/C37H50O4/c1-33(2)26(23-8-10-24(11-9-23)31(38)39)15-17-34(3)28(33)16-18-36(5)29(34)13-12-27-30-25(22-6-7-22)14-19-37(30,32(40)41)21-20-35(27,36)4/h8-11,15,22,25,27-30H,6-7,12-14,16-21H2,1-5H3,(H,38,39)(H,40,41)/t25-,27+,28-,29+,30+,34-,35+,36+,37-/m0/s1. The molecule has 0 aliphatic heterocycles. The summed E-state index contributed by atoms with van der Waals surface area (Å²) in [6, 6.07) is 7.52. The van der Waals surface area contributed by atoms with Gasteiger partial charge in [-0.15, -0.1) is 0 Å². The predicted octanol–water partition coefficient (Wildman–Crippen LogP) is 8.95. The Morgan fingerprint density at radius 3 is 2.10 bits per heavy atom. The van der Waals surface area contributed by atoms with Crippen LogP contribution in [0.3, 0.4) is 0 Å². The van der Waals surface area contributed by atoms with Crippen molar-refractivity contribution in [2.24, 2.45) is 62.6 Å². The van der Waals surface area contributed by atoms with E-state index >= 15 is 0 Å². The van der Waals surface area contributed by atoms with E-state index in [1.54, 1.807) is 12.1 Å². The molecule has 6 aliphatic carbocycles. The number of carbonyl (C=O) groups is 2. The van der Waals surface area contributed by atoms with E-state index in [2.05, 4.69) is 40.7 Å². The molecular weight excluding hydrogens is 508 g/mol. The summed E-state index contributed by atoms with van der Waals surface area (Å²) in [6.45, 7) is 12.7. The molecule has 4 heteroatoms. The highest BCUT2D eigenvalue weighted by Gasteiger charge is 2.72. The van der Waals surface area contributed by atoms with Gasteiger partial charge < -0.3 is 10.2 Å². The summed E-state index contributed by atoms with van der Waals surface area (Å²) < 4.78 is 0. The average molecular weight is 559 g/mol. The molecular formula is C37H50O4. The van der Waals surface area contributed by atoms with Gasteiger partial charge in [-0.1, -0.05) is 52.8 Å². The fraction of sp³-hybridized carbons (Fsp3) is 0.730. The topological polar surface area (TPSA) is 74.6 Å². The van der Waals surface area contributed by atoms with E-state index < -0.39 is 17.4 Å². The first kappa shape index (κ1) is 27.7. The number of carboxylic acids is 2. The van der Waals surface area contributed by atoms with Crippen LogP contribution in [-0.4, -0.2) is 22.2 Å². The van der Waals surface area contributed by atoms with Crippen LogP contribution in [0, 0.1) is 62.6 Å². The summed E-state index contributed by atoms with van der Waals surface area (Å²) in [5, 5.41) is 20.1. The van der Waals surface area contributed by atoms with Crippen molar-refractivity contribution in [3.05, 3.63) is 41.5 Å². The van der Waals surface area contributed by atoms with Crippen LogP contribution < -0.4 is 0 Å². The monoisotopic (exact) mass is 558 g/mol. The first-order chi connectivity index (χ1) is 19.3. The largest absolute Gasteiger partial charge is 0.481 e. The number of fused-ring (bicyclic) bond motifs is 7. The molecule has 0 aromatic heterocycles. The lowest BCUT2D eigenvalue weighted by Crippen LogP contribution is -2.66. The van der Waals surface area contributed by atoms with Crippen LogP contribution in [0.25, 0.3) is 5.57 Å². The van der Waals surface area contributed by atoms with Crippen molar-refractivity contribution < 1.29 is 19.8 Å². The summed E-state index contributed by atoms with van der Waals surface area (Å²) in [6.07, 6.45) is 15.1. The van der Waals surface area contributed by atoms with E-state index in [-0.39, 0.29) is 21.7 Å². The van der Waals surface area contributed by atoms with Gasteiger partial charge in [-0.3, -0.25) is 4.79 Å². The molecule has 1 aromatic carbocycles. The Morgan fingerprint density at radius 1 is 0.756 bits per heavy atom. The van der Waals surface area contributed by atoms with Crippen LogP contribution in [-0.2, 0) is 4.79 Å². The molecule has 4 nitrogen and oxygen atoms in total. The number of hydrogen-bond acceptors (Lipinski definition) is 2. The molecule has 41 heavy (non-hydrogen) atoms. The molecule has 0 unspecified atom stereocenters. The SMILES string of the molecule is CC1(C)C(c2ccc(C(=O)O)cc2)=CC[C@]2(C)[C@H]3CC[C@@H]4[C@H]5[C@H](C6CC6)CC[C@]5(C(=O)O)CC[C@@]4(C)[C@]3(C)CC[C@@H]12. The van der Waals surface area contributed by atoms with Gasteiger partial charge in [-0.2, -0.15) is 0 Å². The van der Waals surface area contributed by atoms with E-state index in [1.807, 2.05) is 12.1 Å². The first-order valence-electron chi connectivity index (χ1n) is 16.6. The molecule has 5 saturated carbocycles. The molecule has 1 aromatic rings. The summed E-state index contributed by atoms with van der Waals surface area (Å²) in [7, 11) is 0. The number of hydrogen-bond donors (Lipinski definition) is 2. The van der Waals surface area contributed by atoms with Gasteiger partial charge in [0.25, 0.3) is 0 Å². The van der Waals surface area contributed by atoms with Crippen molar-refractivity contribution in [2.45, 2.75) is 105 Å². The molecule has 0 radical (unpaired) electrons. The Bertz CT molecular complexity index is 1300. The fourth-order valence-corrected chi connectivity index (χ4v) is 13.0. The van der Waals surface area contributed by atoms with E-state index in [1.165, 1.54) is 44.1 Å². The maximum absolute atomic E-state index is 13.0. The molecule has 5 fully saturated rings. The molecule has 2 N–H and O–H groups in total. The van der Waals surface area contributed by atoms with Crippen LogP contribution in [0.4, 0.5) is 0 Å². The Labute approximate surface area is 246 Å². The Hall–Kier alpha value is -2.10. The highest BCUT2D eigenvalue weighted by atomic mass is 16.4. The van der Waals surface area contributed by atoms with Gasteiger partial charge in [0.15, 0.2) is 0 Å². The second kappa shape index (κ2) is 8.73. The highest BCUT2D eigenvalue weighted by molar-refractivity contribution is 5.88. The van der Waals surface area contributed by atoms with E-state index in [9.17, 15) is 19.8 Å². The second-order valence-corrected chi connectivity index (χ2v) is 16.6. The van der Waals surface area contributed by atoms with Crippen molar-refractivity contribution in [1.82, 2.24) is 0 Å². The molecule has 0 amide bonds. The third kappa shape index (κ3) is 3.51. The Morgan fingerprint density at radius 2 is 1.46 bits per heavy atom. The van der Waals surface area contributed by atoms with Gasteiger partial charge in [-0.05, 0) is 151 Å². The van der Waals surface area contributed by atoms with Crippen molar-refractivity contribution in [1.29, 1.82) is 0 Å². The minimum Gasteiger partial charge on any atom is -0.481 e. The Balaban J connectivity index is 1.24. The third-order valence-electron chi connectivity index (χ3n) is 15.2. The molecule has 0 spiro atoms. The average Bonchev–Trinajstić information content (AvgIpc) is 3.68. The van der Waals surface area contributed by atoms with Crippen LogP contribution in [0.5, 0.6) is 0 Å². The van der Waals surface area contributed by atoms with E-state index in [0.717, 1.165) is 43.6 Å². The molecule has 222 valence electrons. The normalized spacial score (nSPS) is 46.4. The highest BCUT2D eigenvalue weighted by Crippen LogP contribution is 2.78. The van der Waals surface area contributed by atoms with E-state index in [0.29, 0.717) is 35.2 Å². The minimum atomic E-state index is -0.874. The van der Waals surface area contributed by atoms with Crippen molar-refractivity contribution in [3.63, 3.8) is 0 Å². The molecule has 0 bridgehead atoms. The van der Waals surface area contributed by atoms with E-state index in [4.69, 9.17) is 0 Å². The predicted molar refractivity (Wildman–Crippen MR) is 161 cm³/mol. The smallest absolute Gasteiger partial charge is 0.335 e. The number of carboxylic acid groups (broad SMARTS) is 2. The number of allylic oxidation sites excluding steroid dienone is 2. The third-order valence-corrected chi connectivity index (χ3v) is 15.2. The second-order valence-electron chi connectivity index (χ2n) is 16.6. The van der Waals surface area contributed by atoms with Crippen molar-refractivity contribution in [3.8, 4) is 0 Å². The molecule has 6 aliphatic rings. The zero-order valence-corrected chi connectivity index (χ0v) is 25.8. The fourth-order valence-electron chi connectivity index (χ4n) is 13.0. The summed E-state index contributed by atoms with van der Waals surface area (Å²) in [5.74, 6) is 2.18. The lowest BCUT2D eigenvalue weighted by atomic mass is 9.32. The lowest BCUT2D eigenvalue weighted by molar-refractivity contribution is -0.229. The maximum Gasteiger partial charge on any atom is 0.335 e. The van der Waals surface area contributed by atoms with Crippen LogP contribution in [0.1, 0.15) is 121 Å². The van der Waals surface area contributed by atoms with Crippen molar-refractivity contribution >= 4 is 17.5 Å². The summed E-state index contributed by atoms with van der Waals surface area (Å²) in [4.78, 5) is 24.4. The van der Waals surface area contributed by atoms with Gasteiger partial charge in [0.2, 0.25) is 0 Å². The summed E-state index contributed by atoms with van der Waals surface area (Å²) >= 11 is 0. The zero-order chi connectivity index (χ0) is 29.2. The van der Waals surface area contributed by atoms with Crippen LogP contribution >= 0.6 is 0 Å². The minimum absolute atomic E-state index is 0.00434.